The van der Waals surface area contributed by atoms with Crippen LogP contribution >= 0.6 is 23.2 Å². The summed E-state index contributed by atoms with van der Waals surface area (Å²) in [6.07, 6.45) is 0. The second-order valence-electron chi connectivity index (χ2n) is 5.57. The number of ether oxygens (including phenoxy) is 2. The van der Waals surface area contributed by atoms with E-state index in [1.165, 1.54) is 14.0 Å². The third-order valence-corrected chi connectivity index (χ3v) is 4.69. The van der Waals surface area contributed by atoms with Crippen molar-refractivity contribution >= 4 is 23.2 Å². The van der Waals surface area contributed by atoms with Crippen LogP contribution in [0.3, 0.4) is 0 Å². The highest BCUT2D eigenvalue weighted by Gasteiger charge is 2.51. The van der Waals surface area contributed by atoms with Crippen molar-refractivity contribution in [1.29, 1.82) is 0 Å². The van der Waals surface area contributed by atoms with Crippen molar-refractivity contribution < 1.29 is 24.8 Å². The summed E-state index contributed by atoms with van der Waals surface area (Å²) in [7, 11) is 1.25. The lowest BCUT2D eigenvalue weighted by Gasteiger charge is -2.36. The number of halogens is 2. The molecule has 3 N–H and O–H groups in total. The third kappa shape index (κ3) is 3.79. The van der Waals surface area contributed by atoms with Gasteiger partial charge in [0.1, 0.15) is 17.4 Å². The number of aliphatic hydroxyl groups is 3. The first-order valence-electron chi connectivity index (χ1n) is 7.36. The molecule has 2 unspecified atom stereocenters. The molecule has 1 aliphatic rings. The van der Waals surface area contributed by atoms with Crippen LogP contribution in [-0.2, 0) is 16.1 Å². The van der Waals surface area contributed by atoms with Crippen LogP contribution in [0.5, 0.6) is 0 Å². The largest absolute Gasteiger partial charge is 0.507 e. The summed E-state index contributed by atoms with van der Waals surface area (Å²) >= 11 is 12.0. The van der Waals surface area contributed by atoms with Gasteiger partial charge in [0, 0.05) is 0 Å². The summed E-state index contributed by atoms with van der Waals surface area (Å²) in [6, 6.07) is 9.51. The van der Waals surface area contributed by atoms with Crippen LogP contribution in [0, 0.1) is 11.8 Å². The molecule has 0 saturated carbocycles. The Bertz CT molecular complexity index is 759. The number of hydrogen-bond acceptors (Lipinski definition) is 5. The first kappa shape index (κ1) is 19.6. The molecule has 7 heteroatoms. The maximum Gasteiger partial charge on any atom is 0.224 e. The van der Waals surface area contributed by atoms with Crippen LogP contribution in [0.15, 0.2) is 51.9 Å². The van der Waals surface area contributed by atoms with Gasteiger partial charge < -0.3 is 24.8 Å². The molecular formula is C18H18Cl2O5. The highest BCUT2D eigenvalue weighted by molar-refractivity contribution is 6.35. The second kappa shape index (κ2) is 7.69. The van der Waals surface area contributed by atoms with E-state index in [-0.39, 0.29) is 17.4 Å². The molecule has 2 rings (SSSR count). The average molecular weight is 385 g/mol. The molecule has 0 aromatic heterocycles. The van der Waals surface area contributed by atoms with E-state index in [0.29, 0.717) is 6.61 Å². The molecule has 0 spiro atoms. The van der Waals surface area contributed by atoms with E-state index in [1.807, 2.05) is 30.3 Å². The quantitative estimate of drug-likeness (QED) is 0.549. The Morgan fingerprint density at radius 1 is 1.12 bits per heavy atom. The zero-order valence-electron chi connectivity index (χ0n) is 13.7. The van der Waals surface area contributed by atoms with Gasteiger partial charge in [-0.3, -0.25) is 0 Å². The van der Waals surface area contributed by atoms with E-state index in [1.54, 1.807) is 0 Å². The van der Waals surface area contributed by atoms with Gasteiger partial charge in [0.05, 0.1) is 18.7 Å². The van der Waals surface area contributed by atoms with Gasteiger partial charge in [0.15, 0.2) is 11.4 Å². The number of rotatable bonds is 4. The Morgan fingerprint density at radius 3 is 2.36 bits per heavy atom. The van der Waals surface area contributed by atoms with Crippen molar-refractivity contribution in [3.8, 4) is 11.8 Å². The number of benzene rings is 1. The number of aliphatic hydroxyl groups excluding tert-OH is 1. The Labute approximate surface area is 156 Å². The Balaban J connectivity index is 2.18. The molecule has 0 saturated heterocycles. The first-order chi connectivity index (χ1) is 11.7. The normalized spacial score (nSPS) is 26.3. The van der Waals surface area contributed by atoms with Gasteiger partial charge in [-0.15, -0.1) is 0 Å². The summed E-state index contributed by atoms with van der Waals surface area (Å²) < 4.78 is 10.5. The minimum atomic E-state index is -2.17. The summed E-state index contributed by atoms with van der Waals surface area (Å²) in [6.45, 7) is 1.58. The number of methoxy groups -OCH3 is 1. The Kier molecular flexibility index (Phi) is 6.04. The monoisotopic (exact) mass is 384 g/mol. The van der Waals surface area contributed by atoms with Crippen molar-refractivity contribution in [2.75, 3.05) is 13.7 Å². The van der Waals surface area contributed by atoms with Crippen molar-refractivity contribution in [1.82, 2.24) is 0 Å². The predicted octanol–water partition coefficient (Wildman–Crippen LogP) is 2.81. The van der Waals surface area contributed by atoms with Gasteiger partial charge in [-0.25, -0.2) is 0 Å². The van der Waals surface area contributed by atoms with Crippen LogP contribution in [0.1, 0.15) is 12.5 Å². The van der Waals surface area contributed by atoms with Crippen molar-refractivity contribution in [3.63, 3.8) is 0 Å². The summed E-state index contributed by atoms with van der Waals surface area (Å²) in [5.74, 6) is 4.16. The molecule has 0 aliphatic heterocycles. The van der Waals surface area contributed by atoms with Gasteiger partial charge in [-0.05, 0) is 12.5 Å². The molecule has 5 nitrogen and oxygen atoms in total. The van der Waals surface area contributed by atoms with Crippen LogP contribution in [0.4, 0.5) is 0 Å². The zero-order valence-corrected chi connectivity index (χ0v) is 15.2. The van der Waals surface area contributed by atoms with E-state index in [4.69, 9.17) is 32.7 Å². The van der Waals surface area contributed by atoms with Crippen LogP contribution in [-0.4, -0.2) is 40.2 Å². The predicted molar refractivity (Wildman–Crippen MR) is 94.8 cm³/mol. The smallest absolute Gasteiger partial charge is 0.224 e. The molecule has 134 valence electrons. The summed E-state index contributed by atoms with van der Waals surface area (Å²) in [5, 5.41) is 30.2. The molecule has 0 amide bonds. The van der Waals surface area contributed by atoms with E-state index in [2.05, 4.69) is 11.8 Å². The van der Waals surface area contributed by atoms with E-state index in [9.17, 15) is 15.3 Å². The van der Waals surface area contributed by atoms with Crippen LogP contribution in [0.25, 0.3) is 0 Å². The van der Waals surface area contributed by atoms with Crippen molar-refractivity contribution in [2.24, 2.45) is 0 Å². The fourth-order valence-corrected chi connectivity index (χ4v) is 2.90. The van der Waals surface area contributed by atoms with Gasteiger partial charge in [0.25, 0.3) is 0 Å². The van der Waals surface area contributed by atoms with E-state index in [0.717, 1.165) is 5.56 Å². The minimum absolute atomic E-state index is 0.00708. The summed E-state index contributed by atoms with van der Waals surface area (Å²) in [5.41, 5.74) is -3.16. The topological polar surface area (TPSA) is 79.2 Å². The van der Waals surface area contributed by atoms with Crippen LogP contribution in [0.2, 0.25) is 0 Å². The Hall–Kier alpha value is -1.68. The van der Waals surface area contributed by atoms with E-state index >= 15 is 0 Å². The average Bonchev–Trinajstić information content (AvgIpc) is 2.60. The molecule has 2 atom stereocenters. The third-order valence-electron chi connectivity index (χ3n) is 3.70. The standard InChI is InChI=1S/C18H18Cl2O5/c1-17(22)14(20)16(24-2)18(23,13(19)15(17)21)9-6-10-25-11-12-7-4-3-5-8-12/h3-5,7-8,21-23H,10-11H2,1-2H3. The molecule has 1 aromatic carbocycles. The molecule has 0 heterocycles. The van der Waals surface area contributed by atoms with Gasteiger partial charge >= 0.3 is 0 Å². The first-order valence-corrected chi connectivity index (χ1v) is 8.11. The van der Waals surface area contributed by atoms with E-state index < -0.39 is 22.0 Å². The minimum Gasteiger partial charge on any atom is -0.507 e. The maximum atomic E-state index is 10.7. The lowest BCUT2D eigenvalue weighted by Crippen LogP contribution is -2.44. The van der Waals surface area contributed by atoms with Crippen LogP contribution < -0.4 is 0 Å². The van der Waals surface area contributed by atoms with Gasteiger partial charge in [-0.1, -0.05) is 65.4 Å². The number of hydrogen-bond donors (Lipinski definition) is 3. The second-order valence-corrected chi connectivity index (χ2v) is 6.33. The fraction of sp³-hybridized carbons (Fsp3) is 0.333. The zero-order chi connectivity index (χ0) is 18.7. The molecular weight excluding hydrogens is 367 g/mol. The molecule has 25 heavy (non-hydrogen) atoms. The van der Waals surface area contributed by atoms with Crippen molar-refractivity contribution in [3.05, 3.63) is 57.5 Å². The molecule has 1 aliphatic carbocycles. The molecule has 0 bridgehead atoms. The lowest BCUT2D eigenvalue weighted by molar-refractivity contribution is 0.0433. The van der Waals surface area contributed by atoms with Gasteiger partial charge in [-0.2, -0.15) is 0 Å². The van der Waals surface area contributed by atoms with Crippen molar-refractivity contribution in [2.45, 2.75) is 24.7 Å². The lowest BCUT2D eigenvalue weighted by atomic mass is 9.86. The molecule has 1 aromatic rings. The molecule has 0 fully saturated rings. The highest BCUT2D eigenvalue weighted by Crippen LogP contribution is 2.45. The fourth-order valence-electron chi connectivity index (χ4n) is 2.28. The molecule has 0 radical (unpaired) electrons. The SMILES string of the molecule is COC1=C(Cl)C(C)(O)C(O)=C(Cl)C1(O)C#CCOCc1ccccc1. The summed E-state index contributed by atoms with van der Waals surface area (Å²) in [4.78, 5) is 0. The Morgan fingerprint density at radius 2 is 1.76 bits per heavy atom. The highest BCUT2D eigenvalue weighted by atomic mass is 35.5. The maximum absolute atomic E-state index is 10.7. The van der Waals surface area contributed by atoms with Gasteiger partial charge in [0.2, 0.25) is 5.60 Å².